The van der Waals surface area contributed by atoms with Crippen LogP contribution in [-0.4, -0.2) is 65.2 Å². The summed E-state index contributed by atoms with van der Waals surface area (Å²) in [5.74, 6) is 2.11. The largest absolute Gasteiger partial charge is 0.378 e. The number of aromatic nitrogens is 2. The first kappa shape index (κ1) is 13.2. The number of likely N-dealkylation sites (N-methyl/N-ethyl adjacent to an activating group) is 1. The minimum absolute atomic E-state index is 0.0895. The van der Waals surface area contributed by atoms with Gasteiger partial charge in [0.2, 0.25) is 11.8 Å². The van der Waals surface area contributed by atoms with Crippen LogP contribution in [0.25, 0.3) is 0 Å². The van der Waals surface area contributed by atoms with Crippen molar-refractivity contribution in [2.45, 2.75) is 31.3 Å². The maximum atomic E-state index is 12.3. The zero-order valence-electron chi connectivity index (χ0n) is 12.2. The number of hydrogen-bond donors (Lipinski definition) is 0. The molecule has 0 spiro atoms. The van der Waals surface area contributed by atoms with Gasteiger partial charge in [-0.25, -0.2) is 0 Å². The van der Waals surface area contributed by atoms with E-state index < -0.39 is 0 Å². The van der Waals surface area contributed by atoms with Gasteiger partial charge in [0.05, 0.1) is 31.7 Å². The van der Waals surface area contributed by atoms with Gasteiger partial charge in [0.15, 0.2) is 5.82 Å². The zero-order chi connectivity index (χ0) is 14.4. The molecule has 21 heavy (non-hydrogen) atoms. The minimum atomic E-state index is -0.0895. The fourth-order valence-electron chi connectivity index (χ4n) is 3.15. The Morgan fingerprint density at radius 2 is 2.10 bits per heavy atom. The quantitative estimate of drug-likeness (QED) is 0.794. The van der Waals surface area contributed by atoms with E-state index in [0.29, 0.717) is 38.1 Å². The van der Waals surface area contributed by atoms with Crippen LogP contribution in [0.2, 0.25) is 0 Å². The average Bonchev–Trinajstić information content (AvgIpc) is 3.22. The van der Waals surface area contributed by atoms with Crippen LogP contribution in [0.3, 0.4) is 0 Å². The Balaban J connectivity index is 1.48. The van der Waals surface area contributed by atoms with Gasteiger partial charge in [0.1, 0.15) is 0 Å². The van der Waals surface area contributed by atoms with Crippen LogP contribution in [0.15, 0.2) is 4.52 Å². The summed E-state index contributed by atoms with van der Waals surface area (Å²) in [7, 11) is 1.87. The van der Waals surface area contributed by atoms with E-state index in [1.54, 1.807) is 0 Å². The smallest absolute Gasteiger partial charge is 0.240 e. The van der Waals surface area contributed by atoms with E-state index in [9.17, 15) is 4.79 Å². The SMILES string of the molecule is CN1C(=O)[C@H]2COC[C@@H]1CN(Cc1nc(C3CC3)no1)C2. The van der Waals surface area contributed by atoms with Gasteiger partial charge in [-0.2, -0.15) is 4.98 Å². The van der Waals surface area contributed by atoms with Crippen molar-refractivity contribution in [1.29, 1.82) is 0 Å². The van der Waals surface area contributed by atoms with E-state index in [0.717, 1.165) is 12.4 Å². The number of rotatable bonds is 3. The van der Waals surface area contributed by atoms with Gasteiger partial charge in [-0.05, 0) is 12.8 Å². The Hall–Kier alpha value is -1.47. The number of ether oxygens (including phenoxy) is 1. The van der Waals surface area contributed by atoms with Crippen LogP contribution < -0.4 is 0 Å². The molecule has 7 nitrogen and oxygen atoms in total. The Kier molecular flexibility index (Phi) is 3.19. The third kappa shape index (κ3) is 2.55. The number of carbonyl (C=O) groups excluding carboxylic acids is 1. The Labute approximate surface area is 123 Å². The molecule has 0 aromatic carbocycles. The lowest BCUT2D eigenvalue weighted by Gasteiger charge is -2.28. The predicted octanol–water partition coefficient (Wildman–Crippen LogP) is 0.236. The Bertz CT molecular complexity index is 542. The normalized spacial score (nSPS) is 30.5. The van der Waals surface area contributed by atoms with Crippen LogP contribution in [0.4, 0.5) is 0 Å². The molecule has 0 N–H and O–H groups in total. The molecule has 3 aliphatic rings. The standard InChI is InChI=1S/C14H20N4O3/c1-17-11-5-18(4-10(14(17)19)7-20-8-11)6-12-15-13(16-21-12)9-2-3-9/h9-11H,2-8H2,1H3/t10-,11+/m1/s1. The van der Waals surface area contributed by atoms with Gasteiger partial charge in [-0.15, -0.1) is 0 Å². The summed E-state index contributed by atoms with van der Waals surface area (Å²) in [5, 5.41) is 4.05. The number of fused-ring (bicyclic) bond motifs is 3. The second-order valence-corrected chi connectivity index (χ2v) is 6.35. The number of carbonyl (C=O) groups is 1. The lowest BCUT2D eigenvalue weighted by Crippen LogP contribution is -2.42. The topological polar surface area (TPSA) is 71.7 Å². The molecule has 1 aromatic rings. The van der Waals surface area contributed by atoms with Crippen LogP contribution in [0.5, 0.6) is 0 Å². The van der Waals surface area contributed by atoms with E-state index in [2.05, 4.69) is 15.0 Å². The summed E-state index contributed by atoms with van der Waals surface area (Å²) in [4.78, 5) is 20.8. The fourth-order valence-corrected chi connectivity index (χ4v) is 3.15. The third-order valence-corrected chi connectivity index (χ3v) is 4.61. The number of amides is 1. The van der Waals surface area contributed by atoms with E-state index in [1.165, 1.54) is 12.8 Å². The summed E-state index contributed by atoms with van der Waals surface area (Å²) in [6.45, 7) is 3.22. The summed E-state index contributed by atoms with van der Waals surface area (Å²) in [6, 6.07) is 0.107. The second-order valence-electron chi connectivity index (χ2n) is 6.35. The molecule has 0 radical (unpaired) electrons. The lowest BCUT2D eigenvalue weighted by molar-refractivity contribution is -0.134. The maximum Gasteiger partial charge on any atom is 0.240 e. The minimum Gasteiger partial charge on any atom is -0.378 e. The Morgan fingerprint density at radius 1 is 1.24 bits per heavy atom. The summed E-state index contributed by atoms with van der Waals surface area (Å²) < 4.78 is 11.0. The molecule has 2 bridgehead atoms. The maximum absolute atomic E-state index is 12.3. The van der Waals surface area contributed by atoms with Gasteiger partial charge in [-0.1, -0.05) is 5.16 Å². The van der Waals surface area contributed by atoms with Crippen LogP contribution in [-0.2, 0) is 16.1 Å². The third-order valence-electron chi connectivity index (χ3n) is 4.61. The predicted molar refractivity (Wildman–Crippen MR) is 72.4 cm³/mol. The summed E-state index contributed by atoms with van der Waals surface area (Å²) in [5.41, 5.74) is 0. The first-order chi connectivity index (χ1) is 10.2. The molecule has 1 aliphatic carbocycles. The van der Waals surface area contributed by atoms with Gasteiger partial charge in [0, 0.05) is 26.1 Å². The van der Waals surface area contributed by atoms with Gasteiger partial charge in [-0.3, -0.25) is 9.69 Å². The number of hydrogen-bond acceptors (Lipinski definition) is 6. The molecule has 1 aromatic heterocycles. The van der Waals surface area contributed by atoms with E-state index in [4.69, 9.17) is 9.26 Å². The summed E-state index contributed by atoms with van der Waals surface area (Å²) in [6.07, 6.45) is 2.34. The fraction of sp³-hybridized carbons (Fsp3) is 0.786. The first-order valence-corrected chi connectivity index (χ1v) is 7.60. The van der Waals surface area contributed by atoms with Crippen LogP contribution >= 0.6 is 0 Å². The molecule has 4 rings (SSSR count). The first-order valence-electron chi connectivity index (χ1n) is 7.60. The van der Waals surface area contributed by atoms with E-state index in [-0.39, 0.29) is 17.9 Å². The molecule has 1 amide bonds. The van der Waals surface area contributed by atoms with Crippen molar-refractivity contribution in [1.82, 2.24) is 19.9 Å². The second kappa shape index (κ2) is 5.06. The molecular weight excluding hydrogens is 272 g/mol. The lowest BCUT2D eigenvalue weighted by atomic mass is 10.1. The molecule has 1 saturated carbocycles. The number of nitrogens with zero attached hydrogens (tertiary/aromatic N) is 4. The van der Waals surface area contributed by atoms with Crippen molar-refractivity contribution in [3.8, 4) is 0 Å². The molecule has 2 aliphatic heterocycles. The highest BCUT2D eigenvalue weighted by Crippen LogP contribution is 2.38. The molecule has 2 atom stereocenters. The molecule has 3 heterocycles. The molecule has 0 unspecified atom stereocenters. The van der Waals surface area contributed by atoms with Crippen molar-refractivity contribution in [2.24, 2.45) is 5.92 Å². The van der Waals surface area contributed by atoms with Crippen molar-refractivity contribution in [3.63, 3.8) is 0 Å². The monoisotopic (exact) mass is 292 g/mol. The zero-order valence-corrected chi connectivity index (χ0v) is 12.2. The Morgan fingerprint density at radius 3 is 2.90 bits per heavy atom. The molecule has 7 heteroatoms. The highest BCUT2D eigenvalue weighted by atomic mass is 16.5. The van der Waals surface area contributed by atoms with Crippen LogP contribution in [0.1, 0.15) is 30.5 Å². The highest BCUT2D eigenvalue weighted by molar-refractivity contribution is 5.79. The van der Waals surface area contributed by atoms with Crippen molar-refractivity contribution >= 4 is 5.91 Å². The highest BCUT2D eigenvalue weighted by Gasteiger charge is 2.37. The van der Waals surface area contributed by atoms with Crippen molar-refractivity contribution in [2.75, 3.05) is 33.4 Å². The average molecular weight is 292 g/mol. The molecule has 2 saturated heterocycles. The van der Waals surface area contributed by atoms with Gasteiger partial charge >= 0.3 is 0 Å². The summed E-state index contributed by atoms with van der Waals surface area (Å²) >= 11 is 0. The van der Waals surface area contributed by atoms with Crippen molar-refractivity contribution in [3.05, 3.63) is 11.7 Å². The van der Waals surface area contributed by atoms with Crippen LogP contribution in [0, 0.1) is 5.92 Å². The van der Waals surface area contributed by atoms with E-state index in [1.807, 2.05) is 11.9 Å². The van der Waals surface area contributed by atoms with Crippen molar-refractivity contribution < 1.29 is 14.1 Å². The molecule has 114 valence electrons. The van der Waals surface area contributed by atoms with E-state index >= 15 is 0 Å². The molecule has 3 fully saturated rings. The van der Waals surface area contributed by atoms with Gasteiger partial charge in [0.25, 0.3) is 0 Å². The van der Waals surface area contributed by atoms with Gasteiger partial charge < -0.3 is 14.2 Å². The molecular formula is C14H20N4O3.